The lowest BCUT2D eigenvalue weighted by atomic mass is 10.2. The number of ether oxygens (including phenoxy) is 2. The third kappa shape index (κ3) is 3.80. The summed E-state index contributed by atoms with van der Waals surface area (Å²) in [5.74, 6) is 0.234. The Balaban J connectivity index is 2.38. The Morgan fingerprint density at radius 1 is 1.48 bits per heavy atom. The first-order valence-corrected chi connectivity index (χ1v) is 8.78. The molecule has 1 fully saturated rings. The van der Waals surface area contributed by atoms with Crippen LogP contribution in [0.25, 0.3) is 0 Å². The van der Waals surface area contributed by atoms with Crippen molar-refractivity contribution in [1.29, 1.82) is 0 Å². The van der Waals surface area contributed by atoms with Gasteiger partial charge in [0, 0.05) is 19.7 Å². The van der Waals surface area contributed by atoms with Crippen molar-refractivity contribution >= 4 is 15.7 Å². The van der Waals surface area contributed by atoms with E-state index in [1.54, 1.807) is 6.92 Å². The Labute approximate surface area is 135 Å². The van der Waals surface area contributed by atoms with Crippen molar-refractivity contribution < 1.29 is 22.8 Å². The van der Waals surface area contributed by atoms with Crippen LogP contribution in [0.3, 0.4) is 0 Å². The minimum atomic E-state index is -3.98. The summed E-state index contributed by atoms with van der Waals surface area (Å²) in [6.07, 6.45) is 1.52. The Bertz CT molecular complexity index is 670. The quantitative estimate of drug-likeness (QED) is 0.552. The largest absolute Gasteiger partial charge is 0.497 e. The molecule has 1 unspecified atom stereocenters. The van der Waals surface area contributed by atoms with E-state index in [-0.39, 0.29) is 29.8 Å². The van der Waals surface area contributed by atoms with Gasteiger partial charge in [0.25, 0.3) is 5.69 Å². The maximum Gasteiger partial charge on any atom is 0.293 e. The van der Waals surface area contributed by atoms with E-state index >= 15 is 0 Å². The van der Waals surface area contributed by atoms with Gasteiger partial charge in [0.1, 0.15) is 5.75 Å². The molecule has 0 radical (unpaired) electrons. The van der Waals surface area contributed by atoms with Gasteiger partial charge in [-0.05, 0) is 25.0 Å². The van der Waals surface area contributed by atoms with Gasteiger partial charge in [0.2, 0.25) is 10.0 Å². The average molecular weight is 344 g/mol. The van der Waals surface area contributed by atoms with Gasteiger partial charge in [0.15, 0.2) is 4.90 Å². The molecule has 1 heterocycles. The van der Waals surface area contributed by atoms with E-state index < -0.39 is 20.6 Å². The van der Waals surface area contributed by atoms with E-state index in [1.807, 2.05) is 0 Å². The van der Waals surface area contributed by atoms with Crippen LogP contribution in [-0.2, 0) is 14.8 Å². The summed E-state index contributed by atoms with van der Waals surface area (Å²) in [5.41, 5.74) is -0.491. The van der Waals surface area contributed by atoms with Crippen LogP contribution in [0.15, 0.2) is 23.1 Å². The number of rotatable bonds is 7. The Hall–Kier alpha value is -1.71. The number of sulfonamides is 1. The molecular weight excluding hydrogens is 324 g/mol. The van der Waals surface area contributed by atoms with Crippen molar-refractivity contribution in [3.63, 3.8) is 0 Å². The lowest BCUT2D eigenvalue weighted by molar-refractivity contribution is -0.387. The van der Waals surface area contributed by atoms with Crippen LogP contribution >= 0.6 is 0 Å². The molecule has 0 saturated carbocycles. The molecule has 2 rings (SSSR count). The number of likely N-dealkylation sites (N-methyl/N-ethyl adjacent to an activating group) is 1. The van der Waals surface area contributed by atoms with Gasteiger partial charge in [-0.3, -0.25) is 10.1 Å². The minimum Gasteiger partial charge on any atom is -0.497 e. The van der Waals surface area contributed by atoms with Gasteiger partial charge in [-0.2, -0.15) is 4.31 Å². The Morgan fingerprint density at radius 2 is 2.22 bits per heavy atom. The standard InChI is InChI=1S/C14H20N2O6S/c1-3-15(10-12-5-4-8-22-12)23(19,20)14-7-6-11(21-2)9-13(14)16(17)18/h6-7,9,12H,3-5,8,10H2,1-2H3. The smallest absolute Gasteiger partial charge is 0.293 e. The lowest BCUT2D eigenvalue weighted by Gasteiger charge is -2.23. The minimum absolute atomic E-state index is 0.165. The first-order chi connectivity index (χ1) is 10.9. The molecule has 0 N–H and O–H groups in total. The highest BCUT2D eigenvalue weighted by molar-refractivity contribution is 7.89. The molecule has 0 amide bonds. The second kappa shape index (κ2) is 7.24. The fourth-order valence-corrected chi connectivity index (χ4v) is 4.16. The van der Waals surface area contributed by atoms with Crippen molar-refractivity contribution in [3.05, 3.63) is 28.3 Å². The zero-order chi connectivity index (χ0) is 17.0. The molecule has 0 bridgehead atoms. The third-order valence-electron chi connectivity index (χ3n) is 3.76. The molecule has 9 heteroatoms. The highest BCUT2D eigenvalue weighted by Gasteiger charge is 2.33. The molecule has 1 aromatic carbocycles. The second-order valence-corrected chi connectivity index (χ2v) is 7.09. The summed E-state index contributed by atoms with van der Waals surface area (Å²) in [6, 6.07) is 3.73. The number of nitrogens with zero attached hydrogens (tertiary/aromatic N) is 2. The maximum atomic E-state index is 12.8. The van der Waals surface area contributed by atoms with Crippen molar-refractivity contribution in [2.45, 2.75) is 30.8 Å². The number of nitro benzene ring substituents is 1. The van der Waals surface area contributed by atoms with Gasteiger partial charge in [-0.15, -0.1) is 0 Å². The third-order valence-corrected chi connectivity index (χ3v) is 5.75. The summed E-state index contributed by atoms with van der Waals surface area (Å²) in [6.45, 7) is 2.72. The fourth-order valence-electron chi connectivity index (χ4n) is 2.54. The highest BCUT2D eigenvalue weighted by atomic mass is 32.2. The van der Waals surface area contributed by atoms with Gasteiger partial charge in [0.05, 0.1) is 24.2 Å². The van der Waals surface area contributed by atoms with Crippen molar-refractivity contribution in [2.75, 3.05) is 26.8 Å². The summed E-state index contributed by atoms with van der Waals surface area (Å²) < 4.78 is 37.2. The molecule has 0 spiro atoms. The molecule has 8 nitrogen and oxygen atoms in total. The predicted molar refractivity (Wildman–Crippen MR) is 83.1 cm³/mol. The van der Waals surface area contributed by atoms with E-state index in [4.69, 9.17) is 9.47 Å². The predicted octanol–water partition coefficient (Wildman–Crippen LogP) is 1.79. The summed E-state index contributed by atoms with van der Waals surface area (Å²) in [5, 5.41) is 11.2. The maximum absolute atomic E-state index is 12.8. The number of benzene rings is 1. The zero-order valence-corrected chi connectivity index (χ0v) is 13.9. The number of methoxy groups -OCH3 is 1. The number of hydrogen-bond donors (Lipinski definition) is 0. The number of nitro groups is 1. The topological polar surface area (TPSA) is 99.0 Å². The van der Waals surface area contributed by atoms with Gasteiger partial charge in [-0.1, -0.05) is 6.92 Å². The lowest BCUT2D eigenvalue weighted by Crippen LogP contribution is -2.37. The molecule has 23 heavy (non-hydrogen) atoms. The second-order valence-electron chi connectivity index (χ2n) is 5.18. The van der Waals surface area contributed by atoms with Crippen LogP contribution in [0.2, 0.25) is 0 Å². The van der Waals surface area contributed by atoms with E-state index in [0.29, 0.717) is 6.61 Å². The molecule has 128 valence electrons. The van der Waals surface area contributed by atoms with Crippen LogP contribution in [-0.4, -0.2) is 50.6 Å². The van der Waals surface area contributed by atoms with Crippen LogP contribution < -0.4 is 4.74 Å². The molecule has 0 aliphatic carbocycles. The van der Waals surface area contributed by atoms with Crippen LogP contribution in [0.5, 0.6) is 5.75 Å². The normalized spacial score (nSPS) is 18.3. The zero-order valence-electron chi connectivity index (χ0n) is 13.1. The van der Waals surface area contributed by atoms with Gasteiger partial charge < -0.3 is 9.47 Å². The summed E-state index contributed by atoms with van der Waals surface area (Å²) >= 11 is 0. The SMILES string of the molecule is CCN(CC1CCCO1)S(=O)(=O)c1ccc(OC)cc1[N+](=O)[O-]. The van der Waals surface area contributed by atoms with E-state index in [2.05, 4.69) is 0 Å². The molecule has 1 aliphatic heterocycles. The van der Waals surface area contributed by atoms with Crippen LogP contribution in [0, 0.1) is 10.1 Å². The first kappa shape index (κ1) is 17.6. The van der Waals surface area contributed by atoms with Crippen molar-refractivity contribution in [1.82, 2.24) is 4.31 Å². The first-order valence-electron chi connectivity index (χ1n) is 7.34. The highest BCUT2D eigenvalue weighted by Crippen LogP contribution is 2.31. The Kier molecular flexibility index (Phi) is 5.55. The molecule has 0 aromatic heterocycles. The average Bonchev–Trinajstić information content (AvgIpc) is 3.04. The molecule has 1 saturated heterocycles. The number of hydrogen-bond acceptors (Lipinski definition) is 6. The summed E-state index contributed by atoms with van der Waals surface area (Å²) in [4.78, 5) is 10.2. The van der Waals surface area contributed by atoms with Gasteiger partial charge >= 0.3 is 0 Å². The van der Waals surface area contributed by atoms with E-state index in [1.165, 1.54) is 23.5 Å². The van der Waals surface area contributed by atoms with Crippen molar-refractivity contribution in [3.8, 4) is 5.75 Å². The molecule has 1 atom stereocenters. The van der Waals surface area contributed by atoms with E-state index in [0.717, 1.165) is 18.9 Å². The molecule has 1 aromatic rings. The Morgan fingerprint density at radius 3 is 2.74 bits per heavy atom. The van der Waals surface area contributed by atoms with Gasteiger partial charge in [-0.25, -0.2) is 8.42 Å². The monoisotopic (exact) mass is 344 g/mol. The van der Waals surface area contributed by atoms with E-state index in [9.17, 15) is 18.5 Å². The fraction of sp³-hybridized carbons (Fsp3) is 0.571. The molecule has 1 aliphatic rings. The van der Waals surface area contributed by atoms with Crippen LogP contribution in [0.1, 0.15) is 19.8 Å². The van der Waals surface area contributed by atoms with Crippen molar-refractivity contribution in [2.24, 2.45) is 0 Å². The van der Waals surface area contributed by atoms with Crippen LogP contribution in [0.4, 0.5) is 5.69 Å². The molecular formula is C14H20N2O6S. The summed E-state index contributed by atoms with van der Waals surface area (Å²) in [7, 11) is -2.62.